The second-order valence-electron chi connectivity index (χ2n) is 7.24. The zero-order chi connectivity index (χ0) is 15.8. The molecule has 2 aliphatic carbocycles. The molecule has 1 N–H and O–H groups in total. The molecule has 0 aromatic heterocycles. The number of carbonyl (C=O) groups is 1. The van der Waals surface area contributed by atoms with Crippen molar-refractivity contribution in [2.45, 2.75) is 62.9 Å². The van der Waals surface area contributed by atoms with Crippen molar-refractivity contribution < 1.29 is 14.6 Å². The summed E-state index contributed by atoms with van der Waals surface area (Å²) in [7, 11) is 0. The molecule has 1 aliphatic heterocycles. The van der Waals surface area contributed by atoms with E-state index in [0.717, 1.165) is 37.8 Å². The summed E-state index contributed by atoms with van der Waals surface area (Å²) in [5, 5.41) is 10.4. The van der Waals surface area contributed by atoms with E-state index >= 15 is 0 Å². The van der Waals surface area contributed by atoms with Crippen molar-refractivity contribution in [3.05, 3.63) is 35.9 Å². The average Bonchev–Trinajstić information content (AvgIpc) is 3.48. The third-order valence-corrected chi connectivity index (χ3v) is 5.39. The molecule has 1 aromatic carbocycles. The standard InChI is InChI=1S/C19H25NO3/c21-16-9-5-4-8-15(16)20(12-13-10-11-13)19(22)18-17(23-18)14-6-2-1-3-7-14/h1-3,6-7,13,15-18,21H,4-5,8-12H2/t15-,16-,17-,18+/m0/s1. The molecule has 23 heavy (non-hydrogen) atoms. The Hall–Kier alpha value is -1.39. The SMILES string of the molecule is O=C([C@@H]1O[C@H]1c1ccccc1)N(CC1CC1)[C@H]1CCCC[C@@H]1O. The van der Waals surface area contributed by atoms with E-state index in [1.165, 1.54) is 12.8 Å². The smallest absolute Gasteiger partial charge is 0.255 e. The van der Waals surface area contributed by atoms with E-state index in [1.807, 2.05) is 35.2 Å². The van der Waals surface area contributed by atoms with Gasteiger partial charge in [-0.25, -0.2) is 0 Å². The van der Waals surface area contributed by atoms with Crippen LogP contribution in [0.1, 0.15) is 50.2 Å². The number of carbonyl (C=O) groups excluding carboxylic acids is 1. The molecule has 1 heterocycles. The molecule has 0 radical (unpaired) electrons. The van der Waals surface area contributed by atoms with Gasteiger partial charge < -0.3 is 14.7 Å². The van der Waals surface area contributed by atoms with Crippen molar-refractivity contribution in [2.24, 2.45) is 5.92 Å². The summed E-state index contributed by atoms with van der Waals surface area (Å²) < 4.78 is 5.70. The molecular weight excluding hydrogens is 290 g/mol. The minimum atomic E-state index is -0.375. The number of hydrogen-bond donors (Lipinski definition) is 1. The fraction of sp³-hybridized carbons (Fsp3) is 0.632. The highest BCUT2D eigenvalue weighted by molar-refractivity contribution is 5.84. The normalized spacial score (nSPS) is 33.3. The highest BCUT2D eigenvalue weighted by Crippen LogP contribution is 2.41. The maximum Gasteiger partial charge on any atom is 0.255 e. The number of hydrogen-bond acceptors (Lipinski definition) is 3. The lowest BCUT2D eigenvalue weighted by molar-refractivity contribution is -0.139. The molecule has 4 rings (SSSR count). The Balaban J connectivity index is 1.47. The summed E-state index contributed by atoms with van der Waals surface area (Å²) in [5.41, 5.74) is 1.07. The number of aliphatic hydroxyl groups is 1. The van der Waals surface area contributed by atoms with Gasteiger partial charge in [-0.15, -0.1) is 0 Å². The fourth-order valence-corrected chi connectivity index (χ4v) is 3.78. The number of amides is 1. The van der Waals surface area contributed by atoms with Crippen LogP contribution in [0.3, 0.4) is 0 Å². The maximum atomic E-state index is 13.0. The average molecular weight is 315 g/mol. The van der Waals surface area contributed by atoms with Gasteiger partial charge in [-0.3, -0.25) is 4.79 Å². The Labute approximate surface area is 137 Å². The van der Waals surface area contributed by atoms with Crippen LogP contribution >= 0.6 is 0 Å². The van der Waals surface area contributed by atoms with Crippen molar-refractivity contribution in [3.63, 3.8) is 0 Å². The quantitative estimate of drug-likeness (QED) is 0.850. The molecule has 2 saturated carbocycles. The lowest BCUT2D eigenvalue weighted by Gasteiger charge is -2.37. The monoisotopic (exact) mass is 315 g/mol. The molecule has 0 unspecified atom stereocenters. The van der Waals surface area contributed by atoms with Crippen LogP contribution in [0.4, 0.5) is 0 Å². The molecule has 1 amide bonds. The number of nitrogens with zero attached hydrogens (tertiary/aromatic N) is 1. The third kappa shape index (κ3) is 3.29. The van der Waals surface area contributed by atoms with Crippen LogP contribution in [0.25, 0.3) is 0 Å². The van der Waals surface area contributed by atoms with Crippen molar-refractivity contribution >= 4 is 5.91 Å². The molecule has 4 atom stereocenters. The molecule has 0 spiro atoms. The Morgan fingerprint density at radius 3 is 2.57 bits per heavy atom. The van der Waals surface area contributed by atoms with Gasteiger partial charge in [0.05, 0.1) is 12.1 Å². The summed E-state index contributed by atoms with van der Waals surface area (Å²) in [5.74, 6) is 0.707. The minimum Gasteiger partial charge on any atom is -0.391 e. The number of epoxide rings is 1. The third-order valence-electron chi connectivity index (χ3n) is 5.39. The van der Waals surface area contributed by atoms with Crippen LogP contribution in [0.5, 0.6) is 0 Å². The van der Waals surface area contributed by atoms with E-state index in [-0.39, 0.29) is 30.3 Å². The van der Waals surface area contributed by atoms with Crippen molar-refractivity contribution in [1.29, 1.82) is 0 Å². The zero-order valence-corrected chi connectivity index (χ0v) is 13.4. The lowest BCUT2D eigenvalue weighted by Crippen LogP contribution is -2.50. The van der Waals surface area contributed by atoms with Gasteiger partial charge in [0, 0.05) is 6.54 Å². The summed E-state index contributed by atoms with van der Waals surface area (Å²) in [6.45, 7) is 0.794. The summed E-state index contributed by atoms with van der Waals surface area (Å²) in [6, 6.07) is 9.94. The van der Waals surface area contributed by atoms with Gasteiger partial charge >= 0.3 is 0 Å². The molecule has 3 fully saturated rings. The number of aliphatic hydroxyl groups excluding tert-OH is 1. The highest BCUT2D eigenvalue weighted by atomic mass is 16.6. The van der Waals surface area contributed by atoms with Gasteiger partial charge in [-0.2, -0.15) is 0 Å². The molecule has 1 aromatic rings. The molecule has 4 nitrogen and oxygen atoms in total. The van der Waals surface area contributed by atoms with Crippen molar-refractivity contribution in [3.8, 4) is 0 Å². The summed E-state index contributed by atoms with van der Waals surface area (Å²) >= 11 is 0. The van der Waals surface area contributed by atoms with Crippen LogP contribution in [0.15, 0.2) is 30.3 Å². The zero-order valence-electron chi connectivity index (χ0n) is 13.4. The largest absolute Gasteiger partial charge is 0.391 e. The van der Waals surface area contributed by atoms with Crippen LogP contribution in [-0.4, -0.2) is 40.7 Å². The first-order chi connectivity index (χ1) is 11.2. The topological polar surface area (TPSA) is 53.1 Å². The Morgan fingerprint density at radius 2 is 1.87 bits per heavy atom. The molecular formula is C19H25NO3. The van der Waals surface area contributed by atoms with E-state index < -0.39 is 0 Å². The van der Waals surface area contributed by atoms with Crippen LogP contribution in [-0.2, 0) is 9.53 Å². The van der Waals surface area contributed by atoms with E-state index in [9.17, 15) is 9.90 Å². The first-order valence-corrected chi connectivity index (χ1v) is 8.93. The van der Waals surface area contributed by atoms with Gasteiger partial charge in [-0.05, 0) is 37.2 Å². The van der Waals surface area contributed by atoms with E-state index in [2.05, 4.69) is 0 Å². The number of ether oxygens (including phenoxy) is 1. The Kier molecular flexibility index (Phi) is 4.12. The highest BCUT2D eigenvalue weighted by Gasteiger charge is 2.50. The predicted molar refractivity (Wildman–Crippen MR) is 86.8 cm³/mol. The Bertz CT molecular complexity index is 557. The van der Waals surface area contributed by atoms with Crippen molar-refractivity contribution in [2.75, 3.05) is 6.54 Å². The molecule has 3 aliphatic rings. The first-order valence-electron chi connectivity index (χ1n) is 8.93. The molecule has 1 saturated heterocycles. The Morgan fingerprint density at radius 1 is 1.13 bits per heavy atom. The number of benzene rings is 1. The van der Waals surface area contributed by atoms with Gasteiger partial charge in [0.25, 0.3) is 5.91 Å². The lowest BCUT2D eigenvalue weighted by atomic mass is 9.90. The maximum absolute atomic E-state index is 13.0. The second kappa shape index (κ2) is 6.25. The van der Waals surface area contributed by atoms with Crippen LogP contribution in [0.2, 0.25) is 0 Å². The van der Waals surface area contributed by atoms with Gasteiger partial charge in [0.2, 0.25) is 0 Å². The minimum absolute atomic E-state index is 0.0162. The van der Waals surface area contributed by atoms with E-state index in [0.29, 0.717) is 5.92 Å². The summed E-state index contributed by atoms with van der Waals surface area (Å²) in [4.78, 5) is 14.9. The number of rotatable bonds is 5. The molecule has 0 bridgehead atoms. The first kappa shape index (κ1) is 15.2. The van der Waals surface area contributed by atoms with Crippen LogP contribution < -0.4 is 0 Å². The molecule has 124 valence electrons. The van der Waals surface area contributed by atoms with E-state index in [4.69, 9.17) is 4.74 Å². The van der Waals surface area contributed by atoms with Crippen LogP contribution in [0, 0.1) is 5.92 Å². The van der Waals surface area contributed by atoms with Crippen molar-refractivity contribution in [1.82, 2.24) is 4.90 Å². The summed E-state index contributed by atoms with van der Waals surface area (Å²) in [6.07, 6.45) is 5.48. The predicted octanol–water partition coefficient (Wildman–Crippen LogP) is 2.67. The van der Waals surface area contributed by atoms with E-state index in [1.54, 1.807) is 0 Å². The fourth-order valence-electron chi connectivity index (χ4n) is 3.78. The van der Waals surface area contributed by atoms with Gasteiger partial charge in [0.15, 0.2) is 6.10 Å². The molecule has 4 heteroatoms. The van der Waals surface area contributed by atoms with Gasteiger partial charge in [0.1, 0.15) is 6.10 Å². The second-order valence-corrected chi connectivity index (χ2v) is 7.24. The van der Waals surface area contributed by atoms with Gasteiger partial charge in [-0.1, -0.05) is 43.2 Å².